The van der Waals surface area contributed by atoms with Crippen molar-refractivity contribution in [2.75, 3.05) is 27.2 Å². The second kappa shape index (κ2) is 9.06. The molecule has 0 saturated heterocycles. The number of thiophene rings is 1. The molecule has 6 heteroatoms. The molecule has 0 bridgehead atoms. The molecule has 0 aliphatic heterocycles. The van der Waals surface area contributed by atoms with Crippen molar-refractivity contribution in [3.05, 3.63) is 51.2 Å². The first-order valence-corrected chi connectivity index (χ1v) is 9.05. The molecule has 0 saturated carbocycles. The lowest BCUT2D eigenvalue weighted by Crippen LogP contribution is -2.37. The van der Waals surface area contributed by atoms with Gasteiger partial charge in [-0.1, -0.05) is 36.7 Å². The van der Waals surface area contributed by atoms with E-state index in [1.807, 2.05) is 43.4 Å². The molecule has 0 spiro atoms. The SMILES string of the molecule is CCN(CC(=O)N(C)Cc1ccccc1OC)Cc1ccc(Cl)s1. The number of carbonyl (C=O) groups excluding carboxylic acids is 1. The maximum atomic E-state index is 12.5. The Bertz CT molecular complexity index is 675. The van der Waals surface area contributed by atoms with E-state index in [0.717, 1.165) is 28.7 Å². The maximum Gasteiger partial charge on any atom is 0.236 e. The Morgan fingerprint density at radius 3 is 2.58 bits per heavy atom. The minimum atomic E-state index is 0.0883. The van der Waals surface area contributed by atoms with E-state index >= 15 is 0 Å². The Morgan fingerprint density at radius 2 is 1.96 bits per heavy atom. The van der Waals surface area contributed by atoms with Gasteiger partial charge in [0.25, 0.3) is 0 Å². The number of hydrogen-bond donors (Lipinski definition) is 0. The Hall–Kier alpha value is -1.56. The standard InChI is InChI=1S/C18H23ClN2O2S/c1-4-21(12-15-9-10-17(19)24-15)13-18(22)20(2)11-14-7-5-6-8-16(14)23-3/h5-10H,4,11-13H2,1-3H3. The molecule has 1 aromatic carbocycles. The average Bonchev–Trinajstić information content (AvgIpc) is 2.99. The zero-order valence-corrected chi connectivity index (χ0v) is 15.9. The normalized spacial score (nSPS) is 10.9. The highest BCUT2D eigenvalue weighted by atomic mass is 35.5. The predicted octanol–water partition coefficient (Wildman–Crippen LogP) is 3.89. The largest absolute Gasteiger partial charge is 0.496 e. The fraction of sp³-hybridized carbons (Fsp3) is 0.389. The number of rotatable bonds is 8. The van der Waals surface area contributed by atoms with Crippen LogP contribution < -0.4 is 4.74 Å². The third-order valence-corrected chi connectivity index (χ3v) is 5.06. The van der Waals surface area contributed by atoms with Gasteiger partial charge in [-0.2, -0.15) is 0 Å². The van der Waals surface area contributed by atoms with Crippen LogP contribution in [0, 0.1) is 0 Å². The van der Waals surface area contributed by atoms with E-state index in [-0.39, 0.29) is 5.91 Å². The number of nitrogens with zero attached hydrogens (tertiary/aromatic N) is 2. The summed E-state index contributed by atoms with van der Waals surface area (Å²) >= 11 is 7.53. The first-order chi connectivity index (χ1) is 11.5. The lowest BCUT2D eigenvalue weighted by atomic mass is 10.2. The number of ether oxygens (including phenoxy) is 1. The van der Waals surface area contributed by atoms with Crippen molar-refractivity contribution in [3.8, 4) is 5.75 Å². The molecule has 0 N–H and O–H groups in total. The van der Waals surface area contributed by atoms with E-state index < -0.39 is 0 Å². The molecule has 130 valence electrons. The monoisotopic (exact) mass is 366 g/mol. The molecule has 1 aromatic heterocycles. The highest BCUT2D eigenvalue weighted by Gasteiger charge is 2.16. The second-order valence-corrected chi connectivity index (χ2v) is 7.37. The van der Waals surface area contributed by atoms with Crippen LogP contribution >= 0.6 is 22.9 Å². The smallest absolute Gasteiger partial charge is 0.236 e. The summed E-state index contributed by atoms with van der Waals surface area (Å²) in [6.45, 7) is 4.53. The Morgan fingerprint density at radius 1 is 1.21 bits per heavy atom. The molecular weight excluding hydrogens is 344 g/mol. The number of para-hydroxylation sites is 1. The summed E-state index contributed by atoms with van der Waals surface area (Å²) in [5, 5.41) is 0. The van der Waals surface area contributed by atoms with Gasteiger partial charge in [-0.15, -0.1) is 11.3 Å². The van der Waals surface area contributed by atoms with Crippen molar-refractivity contribution in [1.29, 1.82) is 0 Å². The van der Waals surface area contributed by atoms with Gasteiger partial charge in [0, 0.05) is 30.6 Å². The van der Waals surface area contributed by atoms with Gasteiger partial charge in [-0.3, -0.25) is 9.69 Å². The molecule has 24 heavy (non-hydrogen) atoms. The number of likely N-dealkylation sites (N-methyl/N-ethyl adjacent to an activating group) is 2. The molecule has 2 aromatic rings. The number of halogens is 1. The minimum absolute atomic E-state index is 0.0883. The first kappa shape index (κ1) is 18.8. The van der Waals surface area contributed by atoms with Gasteiger partial charge in [0.15, 0.2) is 0 Å². The highest BCUT2D eigenvalue weighted by molar-refractivity contribution is 7.16. The van der Waals surface area contributed by atoms with Crippen molar-refractivity contribution in [2.24, 2.45) is 0 Å². The molecular formula is C18H23ClN2O2S. The molecule has 1 heterocycles. The van der Waals surface area contributed by atoms with Crippen LogP contribution in [-0.4, -0.2) is 43.0 Å². The van der Waals surface area contributed by atoms with Crippen molar-refractivity contribution in [1.82, 2.24) is 9.80 Å². The van der Waals surface area contributed by atoms with Crippen LogP contribution in [0.2, 0.25) is 4.34 Å². The average molecular weight is 367 g/mol. The molecule has 0 aliphatic carbocycles. The summed E-state index contributed by atoms with van der Waals surface area (Å²) in [5.41, 5.74) is 1.00. The summed E-state index contributed by atoms with van der Waals surface area (Å²) in [6, 6.07) is 11.7. The van der Waals surface area contributed by atoms with Crippen LogP contribution in [0.4, 0.5) is 0 Å². The molecule has 0 atom stereocenters. The predicted molar refractivity (Wildman–Crippen MR) is 99.7 cm³/mol. The highest BCUT2D eigenvalue weighted by Crippen LogP contribution is 2.23. The van der Waals surface area contributed by atoms with Crippen LogP contribution in [0.5, 0.6) is 5.75 Å². The topological polar surface area (TPSA) is 32.8 Å². The molecule has 4 nitrogen and oxygen atoms in total. The summed E-state index contributed by atoms with van der Waals surface area (Å²) in [4.78, 5) is 17.6. The summed E-state index contributed by atoms with van der Waals surface area (Å²) in [6.07, 6.45) is 0. The molecule has 0 unspecified atom stereocenters. The maximum absolute atomic E-state index is 12.5. The van der Waals surface area contributed by atoms with Crippen molar-refractivity contribution in [2.45, 2.75) is 20.0 Å². The molecule has 2 rings (SSSR count). The summed E-state index contributed by atoms with van der Waals surface area (Å²) in [5.74, 6) is 0.892. The number of hydrogen-bond acceptors (Lipinski definition) is 4. The van der Waals surface area contributed by atoms with E-state index in [1.165, 1.54) is 4.88 Å². The molecule has 0 fully saturated rings. The number of amides is 1. The van der Waals surface area contributed by atoms with E-state index in [4.69, 9.17) is 16.3 Å². The number of methoxy groups -OCH3 is 1. The van der Waals surface area contributed by atoms with Gasteiger partial charge in [0.1, 0.15) is 5.75 Å². The van der Waals surface area contributed by atoms with Gasteiger partial charge >= 0.3 is 0 Å². The third kappa shape index (κ3) is 5.23. The second-order valence-electron chi connectivity index (χ2n) is 5.57. The van der Waals surface area contributed by atoms with E-state index in [1.54, 1.807) is 23.3 Å². The van der Waals surface area contributed by atoms with Crippen LogP contribution in [0.15, 0.2) is 36.4 Å². The lowest BCUT2D eigenvalue weighted by Gasteiger charge is -2.24. The van der Waals surface area contributed by atoms with Crippen LogP contribution in [-0.2, 0) is 17.9 Å². The van der Waals surface area contributed by atoms with Gasteiger partial charge < -0.3 is 9.64 Å². The van der Waals surface area contributed by atoms with Crippen LogP contribution in [0.3, 0.4) is 0 Å². The lowest BCUT2D eigenvalue weighted by molar-refractivity contribution is -0.131. The van der Waals surface area contributed by atoms with Gasteiger partial charge in [-0.25, -0.2) is 0 Å². The van der Waals surface area contributed by atoms with E-state index in [0.29, 0.717) is 13.1 Å². The number of benzene rings is 1. The van der Waals surface area contributed by atoms with Crippen LogP contribution in [0.25, 0.3) is 0 Å². The van der Waals surface area contributed by atoms with Crippen LogP contribution in [0.1, 0.15) is 17.4 Å². The Kier molecular flexibility index (Phi) is 7.09. The molecule has 1 amide bonds. The van der Waals surface area contributed by atoms with E-state index in [2.05, 4.69) is 11.8 Å². The van der Waals surface area contributed by atoms with Gasteiger partial charge in [0.2, 0.25) is 5.91 Å². The third-order valence-electron chi connectivity index (χ3n) is 3.84. The van der Waals surface area contributed by atoms with Gasteiger partial charge in [-0.05, 0) is 24.7 Å². The van der Waals surface area contributed by atoms with E-state index in [9.17, 15) is 4.79 Å². The summed E-state index contributed by atoms with van der Waals surface area (Å²) in [7, 11) is 3.47. The fourth-order valence-corrected chi connectivity index (χ4v) is 3.56. The van der Waals surface area contributed by atoms with Crippen molar-refractivity contribution >= 4 is 28.8 Å². The Labute approximate surface area is 152 Å². The van der Waals surface area contributed by atoms with Crippen molar-refractivity contribution in [3.63, 3.8) is 0 Å². The molecule has 0 aliphatic rings. The zero-order valence-electron chi connectivity index (χ0n) is 14.3. The zero-order chi connectivity index (χ0) is 17.5. The first-order valence-electron chi connectivity index (χ1n) is 7.86. The summed E-state index contributed by atoms with van der Waals surface area (Å²) < 4.78 is 6.13. The van der Waals surface area contributed by atoms with Gasteiger partial charge in [0.05, 0.1) is 18.0 Å². The quantitative estimate of drug-likeness (QED) is 0.710. The molecule has 0 radical (unpaired) electrons. The van der Waals surface area contributed by atoms with Crippen molar-refractivity contribution < 1.29 is 9.53 Å². The Balaban J connectivity index is 1.94. The fourth-order valence-electron chi connectivity index (χ4n) is 2.43. The minimum Gasteiger partial charge on any atom is -0.496 e. The number of carbonyl (C=O) groups is 1.